The predicted octanol–water partition coefficient (Wildman–Crippen LogP) is 14.4. The van der Waals surface area contributed by atoms with Gasteiger partial charge in [0.1, 0.15) is 28.7 Å². The highest BCUT2D eigenvalue weighted by molar-refractivity contribution is 5.59. The zero-order valence-electron chi connectivity index (χ0n) is 42.0. The fraction of sp³-hybridized carbons (Fsp3) is 0.143. The molecule has 0 radical (unpaired) electrons. The van der Waals surface area contributed by atoms with Gasteiger partial charge in [0.25, 0.3) is 0 Å². The molecule has 0 fully saturated rings. The summed E-state index contributed by atoms with van der Waals surface area (Å²) in [7, 11) is 0. The summed E-state index contributed by atoms with van der Waals surface area (Å²) >= 11 is 0. The van der Waals surface area contributed by atoms with Crippen LogP contribution in [0.5, 0.6) is 28.7 Å². The van der Waals surface area contributed by atoms with Crippen LogP contribution in [0.2, 0.25) is 0 Å². The van der Waals surface area contributed by atoms with E-state index in [4.69, 9.17) is 0 Å². The second kappa shape index (κ2) is 21.7. The zero-order chi connectivity index (χ0) is 51.3. The van der Waals surface area contributed by atoms with Gasteiger partial charge in [-0.1, -0.05) is 212 Å². The quantitative estimate of drug-likeness (QED) is 0.0940. The lowest BCUT2D eigenvalue weighted by Gasteiger charge is -2.20. The second-order valence-electron chi connectivity index (χ2n) is 20.5. The summed E-state index contributed by atoms with van der Waals surface area (Å²) < 4.78 is 0. The Labute approximate surface area is 440 Å². The summed E-state index contributed by atoms with van der Waals surface area (Å²) in [4.78, 5) is 0. The fourth-order valence-corrected chi connectivity index (χ4v) is 11.2. The third-order valence-corrected chi connectivity index (χ3v) is 14.8. The molecular weight excluding hydrogens is 921 g/mol. The number of hydrogen-bond acceptors (Lipinski definition) is 5. The van der Waals surface area contributed by atoms with Gasteiger partial charge in [-0.05, 0) is 143 Å². The molecule has 0 saturated heterocycles. The van der Waals surface area contributed by atoms with Gasteiger partial charge in [-0.3, -0.25) is 0 Å². The van der Waals surface area contributed by atoms with E-state index in [1.54, 1.807) is 0 Å². The van der Waals surface area contributed by atoms with Crippen molar-refractivity contribution in [1.29, 1.82) is 0 Å². The molecule has 1 aliphatic rings. The molecule has 0 atom stereocenters. The second-order valence-corrected chi connectivity index (χ2v) is 20.5. The summed E-state index contributed by atoms with van der Waals surface area (Å²) in [5, 5.41) is 62.9. The maximum Gasteiger partial charge on any atom is 0.122 e. The maximum absolute atomic E-state index is 12.6. The van der Waals surface area contributed by atoms with Crippen LogP contribution in [0.25, 0.3) is 0 Å². The Morgan fingerprint density at radius 2 is 0.320 bits per heavy atom. The maximum atomic E-state index is 12.6. The lowest BCUT2D eigenvalue weighted by Crippen LogP contribution is -2.05. The monoisotopic (exact) mass is 980 g/mol. The summed E-state index contributed by atoms with van der Waals surface area (Å²) in [6.45, 7) is 0. The molecule has 0 aromatic heterocycles. The third kappa shape index (κ3) is 11.4. The lowest BCUT2D eigenvalue weighted by molar-refractivity contribution is 0.450. The van der Waals surface area contributed by atoms with Gasteiger partial charge in [-0.15, -0.1) is 0 Å². The molecule has 10 aromatic carbocycles. The molecule has 0 saturated carbocycles. The van der Waals surface area contributed by atoms with Crippen molar-refractivity contribution in [3.63, 3.8) is 0 Å². The van der Waals surface area contributed by atoms with Crippen molar-refractivity contribution >= 4 is 0 Å². The Balaban J connectivity index is 1.14. The number of fused-ring (bicyclic) bond motifs is 10. The minimum atomic E-state index is 0.108. The first kappa shape index (κ1) is 48.5. The van der Waals surface area contributed by atoms with Crippen molar-refractivity contribution in [2.24, 2.45) is 0 Å². The molecule has 5 heteroatoms. The van der Waals surface area contributed by atoms with E-state index in [1.165, 1.54) is 0 Å². The van der Waals surface area contributed by atoms with Gasteiger partial charge in [0.15, 0.2) is 0 Å². The zero-order valence-corrected chi connectivity index (χ0v) is 42.0. The van der Waals surface area contributed by atoms with Crippen molar-refractivity contribution in [2.75, 3.05) is 0 Å². The van der Waals surface area contributed by atoms with Crippen LogP contribution < -0.4 is 0 Å². The predicted molar refractivity (Wildman–Crippen MR) is 301 cm³/mol. The molecule has 10 bridgehead atoms. The van der Waals surface area contributed by atoms with Crippen molar-refractivity contribution < 1.29 is 25.5 Å². The van der Waals surface area contributed by atoms with Gasteiger partial charge in [0, 0.05) is 32.1 Å². The van der Waals surface area contributed by atoms with E-state index in [1.807, 2.05) is 152 Å². The fourth-order valence-electron chi connectivity index (χ4n) is 11.2. The van der Waals surface area contributed by atoms with Crippen LogP contribution in [-0.2, 0) is 64.2 Å². The summed E-state index contributed by atoms with van der Waals surface area (Å²) in [5.41, 5.74) is 17.2. The topological polar surface area (TPSA) is 101 Å². The summed E-state index contributed by atoms with van der Waals surface area (Å²) in [6, 6.07) is 71.8. The van der Waals surface area contributed by atoms with E-state index in [0.717, 1.165) is 55.6 Å². The summed E-state index contributed by atoms with van der Waals surface area (Å²) in [5.74, 6) is 0.541. The standard InChI is InChI=1S/C70H60O5/c71-66-56-31-51(26-46-16-6-1-7-17-46)32-57(66)42-59-34-53(28-48-20-10-3-11-21-48)36-61(68(59)73)44-63-38-55(30-50-24-14-5-15-25-50)40-65(70(63)75)45-64-39-54(29-49-22-12-4-13-23-49)37-62(69(64)74)43-60-35-52(33-58(41-56)67(60)72)27-47-18-8-2-9-19-47/h1-25,31-40,71-75H,26-30,41-45H2. The molecule has 0 aliphatic heterocycles. The minimum absolute atomic E-state index is 0.108. The summed E-state index contributed by atoms with van der Waals surface area (Å²) in [6.07, 6.45) is 4.23. The van der Waals surface area contributed by atoms with E-state index in [9.17, 15) is 25.5 Å². The van der Waals surface area contributed by atoms with Crippen molar-refractivity contribution in [3.8, 4) is 28.7 Å². The van der Waals surface area contributed by atoms with Gasteiger partial charge in [0.2, 0.25) is 0 Å². The van der Waals surface area contributed by atoms with Crippen LogP contribution in [0.4, 0.5) is 0 Å². The average Bonchev–Trinajstić information content (AvgIpc) is 3.42. The van der Waals surface area contributed by atoms with Crippen LogP contribution in [0.1, 0.15) is 111 Å². The molecule has 0 spiro atoms. The smallest absolute Gasteiger partial charge is 0.122 e. The molecular formula is C70H60O5. The molecule has 0 amide bonds. The average molecular weight is 981 g/mol. The first-order chi connectivity index (χ1) is 36.6. The van der Waals surface area contributed by atoms with E-state index < -0.39 is 0 Å². The first-order valence-corrected chi connectivity index (χ1v) is 26.0. The van der Waals surface area contributed by atoms with Crippen molar-refractivity contribution in [3.05, 3.63) is 324 Å². The highest BCUT2D eigenvalue weighted by Crippen LogP contribution is 2.41. The van der Waals surface area contributed by atoms with E-state index in [0.29, 0.717) is 87.7 Å². The van der Waals surface area contributed by atoms with Crippen LogP contribution in [-0.4, -0.2) is 25.5 Å². The molecule has 11 rings (SSSR count). The first-order valence-electron chi connectivity index (χ1n) is 26.0. The van der Waals surface area contributed by atoms with Crippen LogP contribution in [0.3, 0.4) is 0 Å². The number of phenolic OH excluding ortho intramolecular Hbond substituents is 5. The molecule has 10 aromatic rings. The highest BCUT2D eigenvalue weighted by Gasteiger charge is 2.23. The molecule has 370 valence electrons. The Bertz CT molecular complexity index is 2950. The number of hydrogen-bond donors (Lipinski definition) is 5. The minimum Gasteiger partial charge on any atom is -0.507 e. The molecule has 0 unspecified atom stereocenters. The highest BCUT2D eigenvalue weighted by atomic mass is 16.3. The lowest BCUT2D eigenvalue weighted by atomic mass is 9.86. The number of phenols is 5. The van der Waals surface area contributed by atoms with Gasteiger partial charge in [-0.2, -0.15) is 0 Å². The van der Waals surface area contributed by atoms with E-state index in [2.05, 4.69) is 60.7 Å². The van der Waals surface area contributed by atoms with Crippen molar-refractivity contribution in [2.45, 2.75) is 64.2 Å². The van der Waals surface area contributed by atoms with E-state index in [-0.39, 0.29) is 60.9 Å². The van der Waals surface area contributed by atoms with Gasteiger partial charge < -0.3 is 25.5 Å². The van der Waals surface area contributed by atoms with Gasteiger partial charge >= 0.3 is 0 Å². The molecule has 0 heterocycles. The Kier molecular flexibility index (Phi) is 14.0. The molecule has 5 nitrogen and oxygen atoms in total. The third-order valence-electron chi connectivity index (χ3n) is 14.8. The number of aromatic hydroxyl groups is 5. The van der Waals surface area contributed by atoms with Gasteiger partial charge in [-0.25, -0.2) is 0 Å². The Morgan fingerprint density at radius 1 is 0.187 bits per heavy atom. The van der Waals surface area contributed by atoms with Crippen LogP contribution >= 0.6 is 0 Å². The largest absolute Gasteiger partial charge is 0.507 e. The van der Waals surface area contributed by atoms with E-state index >= 15 is 0 Å². The van der Waals surface area contributed by atoms with Crippen LogP contribution in [0.15, 0.2) is 212 Å². The van der Waals surface area contributed by atoms with Gasteiger partial charge in [0.05, 0.1) is 0 Å². The Hall–Kier alpha value is -8.80. The Morgan fingerprint density at radius 3 is 0.453 bits per heavy atom. The normalized spacial score (nSPS) is 12.3. The number of rotatable bonds is 10. The SMILES string of the molecule is Oc1c2cc(Cc3ccccc3)cc1Cc1cc(Cc3ccccc3)cc(c1O)Cc1cc(Cc3ccccc3)cc(c1O)Cc1cc(Cc3ccccc3)cc(c1O)Cc1cc(Cc3ccccc3)cc(c1O)C2. The molecule has 5 N–H and O–H groups in total. The molecule has 75 heavy (non-hydrogen) atoms. The number of benzene rings is 10. The molecule has 1 aliphatic carbocycles. The van der Waals surface area contributed by atoms with Crippen LogP contribution in [0, 0.1) is 0 Å². The van der Waals surface area contributed by atoms with Crippen molar-refractivity contribution in [1.82, 2.24) is 0 Å².